The summed E-state index contributed by atoms with van der Waals surface area (Å²) >= 11 is 6.02. The Kier molecular flexibility index (Phi) is 6.03. The summed E-state index contributed by atoms with van der Waals surface area (Å²) in [6, 6.07) is 6.14. The van der Waals surface area contributed by atoms with Gasteiger partial charge in [0.25, 0.3) is 5.91 Å². The molecule has 7 nitrogen and oxygen atoms in total. The first-order chi connectivity index (χ1) is 15.6. The van der Waals surface area contributed by atoms with Crippen LogP contribution in [0.15, 0.2) is 18.2 Å². The minimum absolute atomic E-state index is 0.0149. The van der Waals surface area contributed by atoms with Crippen LogP contribution in [-0.4, -0.2) is 27.3 Å². The summed E-state index contributed by atoms with van der Waals surface area (Å²) in [7, 11) is 0. The maximum atomic E-state index is 13.7. The number of nitriles is 1. The SMILES string of the molecule is Cc1c(C(=O)Nc2ccc3c(c2)c(C(F)(F)F)nn3C2CCCCO2)nc(Cl)c(C#N)c1C. The largest absolute Gasteiger partial charge is 0.435 e. The second-order valence-electron chi connectivity index (χ2n) is 7.79. The standard InChI is InChI=1S/C22H19ClF3N5O2/c1-11-12(2)18(29-20(23)15(11)10-27)21(32)28-13-6-7-16-14(9-13)19(22(24,25)26)30-31(16)17-5-3-4-8-33-17/h6-7,9,17H,3-5,8H2,1-2H3,(H,28,32). The Bertz CT molecular complexity index is 1290. The summed E-state index contributed by atoms with van der Waals surface area (Å²) in [4.78, 5) is 16.8. The van der Waals surface area contributed by atoms with Crippen LogP contribution in [0.3, 0.4) is 0 Å². The molecule has 1 aromatic carbocycles. The van der Waals surface area contributed by atoms with E-state index in [0.29, 0.717) is 24.2 Å². The topological polar surface area (TPSA) is 92.8 Å². The van der Waals surface area contributed by atoms with Gasteiger partial charge in [0, 0.05) is 17.7 Å². The Hall–Kier alpha value is -3.16. The summed E-state index contributed by atoms with van der Waals surface area (Å²) in [6.45, 7) is 3.72. The summed E-state index contributed by atoms with van der Waals surface area (Å²) < 4.78 is 48.0. The number of fused-ring (bicyclic) bond motifs is 1. The number of amides is 1. The average molecular weight is 478 g/mol. The van der Waals surface area contributed by atoms with Crippen LogP contribution in [0.5, 0.6) is 0 Å². The van der Waals surface area contributed by atoms with E-state index in [4.69, 9.17) is 16.3 Å². The van der Waals surface area contributed by atoms with Crippen LogP contribution in [-0.2, 0) is 10.9 Å². The van der Waals surface area contributed by atoms with Crippen molar-refractivity contribution in [2.75, 3.05) is 11.9 Å². The number of nitrogens with one attached hydrogen (secondary N) is 1. The Balaban J connectivity index is 1.73. The lowest BCUT2D eigenvalue weighted by Gasteiger charge is -2.23. The smallest absolute Gasteiger partial charge is 0.356 e. The molecule has 1 atom stereocenters. The Morgan fingerprint density at radius 1 is 1.30 bits per heavy atom. The van der Waals surface area contributed by atoms with E-state index >= 15 is 0 Å². The van der Waals surface area contributed by atoms with Gasteiger partial charge >= 0.3 is 6.18 Å². The molecule has 3 aromatic rings. The van der Waals surface area contributed by atoms with E-state index in [-0.39, 0.29) is 33.0 Å². The highest BCUT2D eigenvalue weighted by molar-refractivity contribution is 6.31. The molecule has 3 heterocycles. The predicted octanol–water partition coefficient (Wildman–Crippen LogP) is 5.54. The van der Waals surface area contributed by atoms with Crippen LogP contribution < -0.4 is 5.32 Å². The quantitative estimate of drug-likeness (QED) is 0.500. The third-order valence-corrected chi connectivity index (χ3v) is 5.97. The molecule has 2 aromatic heterocycles. The molecular weight excluding hydrogens is 459 g/mol. The fraction of sp³-hybridized carbons (Fsp3) is 0.364. The van der Waals surface area contributed by atoms with Crippen molar-refractivity contribution < 1.29 is 22.7 Å². The summed E-state index contributed by atoms with van der Waals surface area (Å²) in [5.41, 5.74) is 0.465. The van der Waals surface area contributed by atoms with Gasteiger partial charge in [-0.1, -0.05) is 11.6 Å². The highest BCUT2D eigenvalue weighted by Crippen LogP contribution is 2.37. The molecule has 1 unspecified atom stereocenters. The highest BCUT2D eigenvalue weighted by atomic mass is 35.5. The number of aromatic nitrogens is 3. The Morgan fingerprint density at radius 2 is 2.06 bits per heavy atom. The van der Waals surface area contributed by atoms with Gasteiger partial charge in [-0.2, -0.15) is 23.5 Å². The average Bonchev–Trinajstić information content (AvgIpc) is 3.16. The minimum atomic E-state index is -4.68. The number of carbonyl (C=O) groups excluding carboxylic acids is 1. The molecule has 1 N–H and O–H groups in total. The molecule has 0 spiro atoms. The predicted molar refractivity (Wildman–Crippen MR) is 115 cm³/mol. The van der Waals surface area contributed by atoms with Crippen LogP contribution in [0.1, 0.15) is 58.4 Å². The molecule has 0 saturated carbocycles. The van der Waals surface area contributed by atoms with Gasteiger partial charge in [-0.3, -0.25) is 4.79 Å². The zero-order chi connectivity index (χ0) is 23.9. The van der Waals surface area contributed by atoms with Crippen LogP contribution in [0.2, 0.25) is 5.15 Å². The number of hydrogen-bond acceptors (Lipinski definition) is 5. The van der Waals surface area contributed by atoms with E-state index in [1.807, 2.05) is 6.07 Å². The lowest BCUT2D eigenvalue weighted by atomic mass is 10.0. The van der Waals surface area contributed by atoms with Crippen molar-refractivity contribution in [2.24, 2.45) is 0 Å². The molecule has 4 rings (SSSR count). The molecule has 0 aliphatic carbocycles. The van der Waals surface area contributed by atoms with E-state index in [1.54, 1.807) is 13.8 Å². The van der Waals surface area contributed by atoms with E-state index in [2.05, 4.69) is 15.4 Å². The van der Waals surface area contributed by atoms with E-state index < -0.39 is 24.0 Å². The molecular formula is C22H19ClF3N5O2. The fourth-order valence-corrected chi connectivity index (χ4v) is 4.13. The molecule has 1 aliphatic rings. The molecule has 1 fully saturated rings. The van der Waals surface area contributed by atoms with Crippen LogP contribution in [0.25, 0.3) is 10.9 Å². The Labute approximate surface area is 192 Å². The van der Waals surface area contributed by atoms with Gasteiger partial charge < -0.3 is 10.1 Å². The first-order valence-electron chi connectivity index (χ1n) is 10.2. The van der Waals surface area contributed by atoms with Crippen LogP contribution >= 0.6 is 11.6 Å². The normalized spacial score (nSPS) is 16.6. The minimum Gasteiger partial charge on any atom is -0.356 e. The Morgan fingerprint density at radius 3 is 2.70 bits per heavy atom. The van der Waals surface area contributed by atoms with Gasteiger partial charge in [-0.15, -0.1) is 0 Å². The monoisotopic (exact) mass is 477 g/mol. The number of hydrogen-bond donors (Lipinski definition) is 1. The van der Waals surface area contributed by atoms with Crippen molar-refractivity contribution >= 4 is 34.1 Å². The number of nitrogens with zero attached hydrogens (tertiary/aromatic N) is 4. The summed E-state index contributed by atoms with van der Waals surface area (Å²) in [5.74, 6) is -0.655. The van der Waals surface area contributed by atoms with E-state index in [9.17, 15) is 23.2 Å². The number of rotatable bonds is 3. The zero-order valence-corrected chi connectivity index (χ0v) is 18.5. The van der Waals surface area contributed by atoms with Crippen molar-refractivity contribution in [2.45, 2.75) is 45.5 Å². The molecule has 1 aliphatic heterocycles. The number of ether oxygens (including phenoxy) is 1. The highest BCUT2D eigenvalue weighted by Gasteiger charge is 2.38. The van der Waals surface area contributed by atoms with Crippen molar-refractivity contribution in [3.05, 3.63) is 51.4 Å². The number of benzene rings is 1. The number of carbonyl (C=O) groups is 1. The van der Waals surface area contributed by atoms with Crippen LogP contribution in [0, 0.1) is 25.2 Å². The summed E-state index contributed by atoms with van der Waals surface area (Å²) in [5, 5.41) is 15.3. The number of anilines is 1. The van der Waals surface area contributed by atoms with Crippen molar-refractivity contribution in [1.82, 2.24) is 14.8 Å². The van der Waals surface area contributed by atoms with Gasteiger partial charge in [-0.25, -0.2) is 9.67 Å². The van der Waals surface area contributed by atoms with Crippen molar-refractivity contribution in [3.8, 4) is 6.07 Å². The fourth-order valence-electron chi connectivity index (χ4n) is 3.86. The van der Waals surface area contributed by atoms with Crippen molar-refractivity contribution in [1.29, 1.82) is 5.26 Å². The van der Waals surface area contributed by atoms with E-state index in [1.165, 1.54) is 22.9 Å². The molecule has 172 valence electrons. The van der Waals surface area contributed by atoms with Gasteiger partial charge in [0.15, 0.2) is 11.9 Å². The molecule has 1 amide bonds. The van der Waals surface area contributed by atoms with Gasteiger partial charge in [0.2, 0.25) is 0 Å². The molecule has 33 heavy (non-hydrogen) atoms. The second kappa shape index (κ2) is 8.65. The van der Waals surface area contributed by atoms with Gasteiger partial charge in [0.1, 0.15) is 16.9 Å². The lowest BCUT2D eigenvalue weighted by molar-refractivity contribution is -0.141. The molecule has 0 radical (unpaired) electrons. The zero-order valence-electron chi connectivity index (χ0n) is 17.8. The first-order valence-corrected chi connectivity index (χ1v) is 10.6. The molecule has 0 bridgehead atoms. The van der Waals surface area contributed by atoms with Crippen LogP contribution in [0.4, 0.5) is 18.9 Å². The van der Waals surface area contributed by atoms with Gasteiger partial charge in [-0.05, 0) is 62.4 Å². The third-order valence-electron chi connectivity index (χ3n) is 5.70. The lowest BCUT2D eigenvalue weighted by Crippen LogP contribution is -2.20. The second-order valence-corrected chi connectivity index (χ2v) is 8.14. The summed E-state index contributed by atoms with van der Waals surface area (Å²) in [6.07, 6.45) is -3.01. The maximum Gasteiger partial charge on any atom is 0.435 e. The molecule has 1 saturated heterocycles. The number of halogens is 4. The first kappa shape index (κ1) is 23.0. The number of alkyl halides is 3. The van der Waals surface area contributed by atoms with Crippen molar-refractivity contribution in [3.63, 3.8) is 0 Å². The van der Waals surface area contributed by atoms with E-state index in [0.717, 1.165) is 12.8 Å². The molecule has 11 heteroatoms. The maximum absolute atomic E-state index is 13.7. The van der Waals surface area contributed by atoms with Gasteiger partial charge in [0.05, 0.1) is 11.1 Å². The number of pyridine rings is 1. The third kappa shape index (κ3) is 4.26.